The lowest BCUT2D eigenvalue weighted by molar-refractivity contribution is -0.156. The van der Waals surface area contributed by atoms with E-state index in [2.05, 4.69) is 5.32 Å². The zero-order valence-electron chi connectivity index (χ0n) is 10.4. The maximum atomic E-state index is 10.6. The van der Waals surface area contributed by atoms with Gasteiger partial charge in [0.1, 0.15) is 0 Å². The first kappa shape index (κ1) is 15.3. The van der Waals surface area contributed by atoms with Crippen molar-refractivity contribution in [3.05, 3.63) is 0 Å². The van der Waals surface area contributed by atoms with Crippen LogP contribution in [0.1, 0.15) is 34.1 Å². The first-order chi connectivity index (χ1) is 7.07. The second kappa shape index (κ2) is 5.61. The van der Waals surface area contributed by atoms with Gasteiger partial charge < -0.3 is 20.6 Å². The highest BCUT2D eigenvalue weighted by Gasteiger charge is 2.30. The smallest absolute Gasteiger partial charge is 0.336 e. The Balaban J connectivity index is 4.02. The first-order valence-corrected chi connectivity index (χ1v) is 5.46. The van der Waals surface area contributed by atoms with Gasteiger partial charge in [-0.15, -0.1) is 0 Å². The Kier molecular flexibility index (Phi) is 5.38. The molecule has 16 heavy (non-hydrogen) atoms. The van der Waals surface area contributed by atoms with Crippen LogP contribution in [0.2, 0.25) is 0 Å². The third-order valence-electron chi connectivity index (χ3n) is 2.28. The Morgan fingerprint density at radius 1 is 1.25 bits per heavy atom. The predicted octanol–water partition coefficient (Wildman–Crippen LogP) is 0.209. The summed E-state index contributed by atoms with van der Waals surface area (Å²) in [5, 5.41) is 30.8. The number of aliphatic hydroxyl groups is 2. The highest BCUT2D eigenvalue weighted by atomic mass is 16.4. The molecule has 0 aliphatic rings. The molecule has 2 atom stereocenters. The van der Waals surface area contributed by atoms with Crippen molar-refractivity contribution in [1.29, 1.82) is 0 Å². The van der Waals surface area contributed by atoms with Crippen molar-refractivity contribution in [3.8, 4) is 0 Å². The highest BCUT2D eigenvalue weighted by molar-refractivity contribution is 5.76. The number of aliphatic carboxylic acids is 1. The van der Waals surface area contributed by atoms with Crippen LogP contribution in [0.3, 0.4) is 0 Å². The topological polar surface area (TPSA) is 89.8 Å². The highest BCUT2D eigenvalue weighted by Crippen LogP contribution is 2.15. The zero-order valence-corrected chi connectivity index (χ0v) is 10.4. The van der Waals surface area contributed by atoms with Gasteiger partial charge in [0.2, 0.25) is 0 Å². The Hall–Kier alpha value is -0.650. The van der Waals surface area contributed by atoms with Crippen LogP contribution in [-0.4, -0.2) is 45.6 Å². The van der Waals surface area contributed by atoms with E-state index in [1.54, 1.807) is 6.92 Å². The maximum absolute atomic E-state index is 10.6. The summed E-state index contributed by atoms with van der Waals surface area (Å²) in [6, 6.07) is 0. The van der Waals surface area contributed by atoms with Crippen molar-refractivity contribution in [3.63, 3.8) is 0 Å². The monoisotopic (exact) mass is 233 g/mol. The molecule has 0 aromatic rings. The normalized spacial score (nSPS) is 19.2. The summed E-state index contributed by atoms with van der Waals surface area (Å²) in [5.74, 6) is -0.916. The molecule has 2 unspecified atom stereocenters. The van der Waals surface area contributed by atoms with Gasteiger partial charge in [-0.1, -0.05) is 13.8 Å². The van der Waals surface area contributed by atoms with E-state index < -0.39 is 17.2 Å². The average molecular weight is 233 g/mol. The number of carboxylic acid groups (broad SMARTS) is 1. The van der Waals surface area contributed by atoms with E-state index in [1.165, 1.54) is 6.92 Å². The molecule has 0 aromatic heterocycles. The molecule has 5 nitrogen and oxygen atoms in total. The summed E-state index contributed by atoms with van der Waals surface area (Å²) < 4.78 is 0. The molecule has 0 saturated heterocycles. The molecule has 0 fully saturated rings. The number of hydrogen-bond donors (Lipinski definition) is 4. The van der Waals surface area contributed by atoms with Crippen LogP contribution >= 0.6 is 0 Å². The summed E-state index contributed by atoms with van der Waals surface area (Å²) in [6.45, 7) is 7.09. The average Bonchev–Trinajstić information content (AvgIpc) is 1.99. The lowest BCUT2D eigenvalue weighted by atomic mass is 9.94. The van der Waals surface area contributed by atoms with Gasteiger partial charge in [-0.05, 0) is 26.2 Å². The molecule has 0 heterocycles. The second-order valence-electron chi connectivity index (χ2n) is 5.28. The molecule has 0 aliphatic heterocycles. The van der Waals surface area contributed by atoms with Crippen molar-refractivity contribution in [2.75, 3.05) is 13.1 Å². The lowest BCUT2D eigenvalue weighted by Gasteiger charge is -2.27. The number of hydrogen-bond acceptors (Lipinski definition) is 4. The van der Waals surface area contributed by atoms with Gasteiger partial charge in [-0.25, -0.2) is 4.79 Å². The SMILES string of the molecule is CC(C)CC(C)(O)CNCC(C)(O)C(=O)O. The van der Waals surface area contributed by atoms with E-state index in [1.807, 2.05) is 13.8 Å². The van der Waals surface area contributed by atoms with E-state index in [0.717, 1.165) is 0 Å². The summed E-state index contributed by atoms with van der Waals surface area (Å²) in [4.78, 5) is 10.6. The van der Waals surface area contributed by atoms with Gasteiger partial charge >= 0.3 is 5.97 Å². The maximum Gasteiger partial charge on any atom is 0.336 e. The minimum absolute atomic E-state index is 0.0867. The van der Waals surface area contributed by atoms with E-state index in [4.69, 9.17) is 5.11 Å². The van der Waals surface area contributed by atoms with Gasteiger partial charge in [-0.2, -0.15) is 0 Å². The minimum atomic E-state index is -1.80. The van der Waals surface area contributed by atoms with E-state index in [9.17, 15) is 15.0 Å². The number of carboxylic acids is 1. The molecule has 96 valence electrons. The molecule has 0 aliphatic carbocycles. The number of rotatable bonds is 7. The quantitative estimate of drug-likeness (QED) is 0.504. The molecule has 5 heteroatoms. The molecular weight excluding hydrogens is 210 g/mol. The van der Waals surface area contributed by atoms with Crippen molar-refractivity contribution >= 4 is 5.97 Å². The fraction of sp³-hybridized carbons (Fsp3) is 0.909. The summed E-state index contributed by atoms with van der Waals surface area (Å²) >= 11 is 0. The fourth-order valence-electron chi connectivity index (χ4n) is 1.60. The molecule has 0 aromatic carbocycles. The van der Waals surface area contributed by atoms with Crippen LogP contribution < -0.4 is 5.32 Å². The van der Waals surface area contributed by atoms with E-state index in [0.29, 0.717) is 12.3 Å². The van der Waals surface area contributed by atoms with Gasteiger partial charge in [0.15, 0.2) is 5.60 Å². The zero-order chi connectivity index (χ0) is 13.0. The van der Waals surface area contributed by atoms with E-state index in [-0.39, 0.29) is 13.1 Å². The van der Waals surface area contributed by atoms with Crippen LogP contribution in [0.5, 0.6) is 0 Å². The van der Waals surface area contributed by atoms with Crippen LogP contribution in [0.4, 0.5) is 0 Å². The first-order valence-electron chi connectivity index (χ1n) is 5.46. The van der Waals surface area contributed by atoms with Gasteiger partial charge in [0, 0.05) is 13.1 Å². The molecule has 0 bridgehead atoms. The molecular formula is C11H23NO4. The predicted molar refractivity (Wildman–Crippen MR) is 61.2 cm³/mol. The van der Waals surface area contributed by atoms with Crippen molar-refractivity contribution < 1.29 is 20.1 Å². The molecule has 4 N–H and O–H groups in total. The Morgan fingerprint density at radius 2 is 1.75 bits per heavy atom. The van der Waals surface area contributed by atoms with Gasteiger partial charge in [0.25, 0.3) is 0 Å². The van der Waals surface area contributed by atoms with E-state index >= 15 is 0 Å². The Labute approximate surface area is 96.5 Å². The Bertz CT molecular complexity index is 236. The van der Waals surface area contributed by atoms with Crippen molar-refractivity contribution in [1.82, 2.24) is 5.32 Å². The molecule has 0 rings (SSSR count). The minimum Gasteiger partial charge on any atom is -0.479 e. The number of nitrogens with one attached hydrogen (secondary N) is 1. The van der Waals surface area contributed by atoms with Crippen LogP contribution in [0, 0.1) is 5.92 Å². The standard InChI is InChI=1S/C11H23NO4/c1-8(2)5-10(3,15)6-12-7-11(4,16)9(13)14/h8,12,15-16H,5-7H2,1-4H3,(H,13,14). The molecule has 0 radical (unpaired) electrons. The van der Waals surface area contributed by atoms with Gasteiger partial charge in [0.05, 0.1) is 5.60 Å². The third-order valence-corrected chi connectivity index (χ3v) is 2.28. The lowest BCUT2D eigenvalue weighted by Crippen LogP contribution is -2.49. The molecule has 0 saturated carbocycles. The fourth-order valence-corrected chi connectivity index (χ4v) is 1.60. The second-order valence-corrected chi connectivity index (χ2v) is 5.28. The molecule has 0 spiro atoms. The van der Waals surface area contributed by atoms with Gasteiger partial charge in [-0.3, -0.25) is 0 Å². The largest absolute Gasteiger partial charge is 0.479 e. The van der Waals surface area contributed by atoms with Crippen LogP contribution in [-0.2, 0) is 4.79 Å². The summed E-state index contributed by atoms with van der Waals surface area (Å²) in [5.41, 5.74) is -2.68. The summed E-state index contributed by atoms with van der Waals surface area (Å²) in [7, 11) is 0. The molecule has 0 amide bonds. The summed E-state index contributed by atoms with van der Waals surface area (Å²) in [6.07, 6.45) is 0.620. The number of carbonyl (C=O) groups is 1. The Morgan fingerprint density at radius 3 is 2.12 bits per heavy atom. The van der Waals surface area contributed by atoms with Crippen LogP contribution in [0.15, 0.2) is 0 Å². The third kappa shape index (κ3) is 6.05. The van der Waals surface area contributed by atoms with Crippen molar-refractivity contribution in [2.24, 2.45) is 5.92 Å². The van der Waals surface area contributed by atoms with Crippen molar-refractivity contribution in [2.45, 2.75) is 45.3 Å². The van der Waals surface area contributed by atoms with Crippen LogP contribution in [0.25, 0.3) is 0 Å².